The molecule has 7 heteroatoms. The maximum atomic E-state index is 13.1. The molecule has 0 saturated carbocycles. The van der Waals surface area contributed by atoms with Crippen molar-refractivity contribution in [1.29, 1.82) is 0 Å². The quantitative estimate of drug-likeness (QED) is 0.835. The van der Waals surface area contributed by atoms with Gasteiger partial charge in [0.1, 0.15) is 0 Å². The van der Waals surface area contributed by atoms with Crippen LogP contribution in [-0.4, -0.2) is 56.3 Å². The predicted octanol–water partition coefficient (Wildman–Crippen LogP) is 2.84. The van der Waals surface area contributed by atoms with Gasteiger partial charge in [-0.05, 0) is 56.3 Å². The van der Waals surface area contributed by atoms with E-state index in [9.17, 15) is 13.2 Å². The lowest BCUT2D eigenvalue weighted by molar-refractivity contribution is -0.117. The standard InChI is InChI=1S/C20H31N3O3S/c1-16-9-12-22(14-16)15-20(24)21-18-8-7-17(2)19(13-18)27(25,26)23-10-5-3-4-6-11-23/h7-8,13,16H,3-6,9-12,14-15H2,1-2H3,(H,21,24). The molecular weight excluding hydrogens is 362 g/mol. The SMILES string of the molecule is Cc1ccc(NC(=O)CN2CCC(C)C2)cc1S(=O)(=O)N1CCCCCC1. The third-order valence-electron chi connectivity index (χ3n) is 5.53. The molecule has 27 heavy (non-hydrogen) atoms. The van der Waals surface area contributed by atoms with Gasteiger partial charge in [-0.3, -0.25) is 9.69 Å². The lowest BCUT2D eigenvalue weighted by Crippen LogP contribution is -2.33. The van der Waals surface area contributed by atoms with Crippen LogP contribution in [0, 0.1) is 12.8 Å². The minimum atomic E-state index is -3.53. The highest BCUT2D eigenvalue weighted by Gasteiger charge is 2.27. The molecule has 1 atom stereocenters. The molecule has 0 radical (unpaired) electrons. The van der Waals surface area contributed by atoms with Gasteiger partial charge in [0.25, 0.3) is 0 Å². The summed E-state index contributed by atoms with van der Waals surface area (Å²) >= 11 is 0. The van der Waals surface area contributed by atoms with E-state index in [2.05, 4.69) is 17.1 Å². The molecule has 0 bridgehead atoms. The first-order chi connectivity index (χ1) is 12.9. The van der Waals surface area contributed by atoms with Crippen LogP contribution in [0.1, 0.15) is 44.6 Å². The number of aryl methyl sites for hydroxylation is 1. The molecule has 1 unspecified atom stereocenters. The molecule has 0 spiro atoms. The van der Waals surface area contributed by atoms with Gasteiger partial charge in [-0.1, -0.05) is 25.8 Å². The number of rotatable bonds is 5. The fraction of sp³-hybridized carbons (Fsp3) is 0.650. The van der Waals surface area contributed by atoms with Gasteiger partial charge in [-0.2, -0.15) is 4.31 Å². The summed E-state index contributed by atoms with van der Waals surface area (Å²) in [5.41, 5.74) is 1.26. The van der Waals surface area contributed by atoms with Gasteiger partial charge in [0.15, 0.2) is 0 Å². The zero-order valence-electron chi connectivity index (χ0n) is 16.4. The predicted molar refractivity (Wildman–Crippen MR) is 107 cm³/mol. The number of benzene rings is 1. The van der Waals surface area contributed by atoms with Crippen LogP contribution >= 0.6 is 0 Å². The van der Waals surface area contributed by atoms with Gasteiger partial charge in [0.05, 0.1) is 11.4 Å². The van der Waals surface area contributed by atoms with E-state index >= 15 is 0 Å². The number of likely N-dealkylation sites (tertiary alicyclic amines) is 1. The van der Waals surface area contributed by atoms with Crippen molar-refractivity contribution in [2.24, 2.45) is 5.92 Å². The molecule has 2 saturated heterocycles. The van der Waals surface area contributed by atoms with Crippen LogP contribution < -0.4 is 5.32 Å². The van der Waals surface area contributed by atoms with Crippen molar-refractivity contribution in [2.75, 3.05) is 38.0 Å². The zero-order valence-corrected chi connectivity index (χ0v) is 17.2. The Hall–Kier alpha value is -1.44. The van der Waals surface area contributed by atoms with Crippen molar-refractivity contribution in [1.82, 2.24) is 9.21 Å². The lowest BCUT2D eigenvalue weighted by atomic mass is 10.2. The summed E-state index contributed by atoms with van der Waals surface area (Å²) in [6.07, 6.45) is 5.09. The Morgan fingerprint density at radius 2 is 1.85 bits per heavy atom. The smallest absolute Gasteiger partial charge is 0.243 e. The van der Waals surface area contributed by atoms with Crippen molar-refractivity contribution in [2.45, 2.75) is 50.8 Å². The zero-order chi connectivity index (χ0) is 19.4. The Morgan fingerprint density at radius 1 is 1.15 bits per heavy atom. The number of anilines is 1. The largest absolute Gasteiger partial charge is 0.325 e. The third-order valence-corrected chi connectivity index (χ3v) is 7.57. The molecule has 1 aromatic rings. The Kier molecular flexibility index (Phi) is 6.55. The van der Waals surface area contributed by atoms with Crippen molar-refractivity contribution in [3.8, 4) is 0 Å². The minimum absolute atomic E-state index is 0.0916. The second-order valence-corrected chi connectivity index (χ2v) is 9.88. The van der Waals surface area contributed by atoms with Gasteiger partial charge in [0, 0.05) is 25.3 Å². The minimum Gasteiger partial charge on any atom is -0.325 e. The fourth-order valence-electron chi connectivity index (χ4n) is 3.95. The van der Waals surface area contributed by atoms with E-state index in [1.807, 2.05) is 6.92 Å². The highest BCUT2D eigenvalue weighted by Crippen LogP contribution is 2.26. The molecule has 1 N–H and O–H groups in total. The average Bonchev–Trinajstić information content (AvgIpc) is 2.86. The van der Waals surface area contributed by atoms with E-state index in [0.29, 0.717) is 41.7 Å². The molecule has 6 nitrogen and oxygen atoms in total. The first kappa shape index (κ1) is 20.3. The monoisotopic (exact) mass is 393 g/mol. The number of carbonyl (C=O) groups excluding carboxylic acids is 1. The molecule has 2 aliphatic rings. The Morgan fingerprint density at radius 3 is 2.48 bits per heavy atom. The molecule has 2 heterocycles. The number of hydrogen-bond donors (Lipinski definition) is 1. The summed E-state index contributed by atoms with van der Waals surface area (Å²) in [5.74, 6) is 0.536. The van der Waals surface area contributed by atoms with E-state index in [-0.39, 0.29) is 5.91 Å². The lowest BCUT2D eigenvalue weighted by Gasteiger charge is -2.22. The second-order valence-electron chi connectivity index (χ2n) is 7.98. The van der Waals surface area contributed by atoms with E-state index < -0.39 is 10.0 Å². The summed E-state index contributed by atoms with van der Waals surface area (Å²) in [5, 5.41) is 2.88. The molecular formula is C20H31N3O3S. The molecule has 3 rings (SSSR count). The average molecular weight is 394 g/mol. The number of nitrogens with zero attached hydrogens (tertiary/aromatic N) is 2. The van der Waals surface area contributed by atoms with Crippen molar-refractivity contribution in [3.05, 3.63) is 23.8 Å². The van der Waals surface area contributed by atoms with Crippen LogP contribution in [0.15, 0.2) is 23.1 Å². The first-order valence-corrected chi connectivity index (χ1v) is 11.4. The Balaban J connectivity index is 1.72. The van der Waals surface area contributed by atoms with Crippen LogP contribution in [0.3, 0.4) is 0 Å². The summed E-state index contributed by atoms with van der Waals surface area (Å²) in [7, 11) is -3.53. The fourth-order valence-corrected chi connectivity index (χ4v) is 5.72. The van der Waals surface area contributed by atoms with Crippen LogP contribution in [0.2, 0.25) is 0 Å². The summed E-state index contributed by atoms with van der Waals surface area (Å²) in [6.45, 7) is 7.39. The summed E-state index contributed by atoms with van der Waals surface area (Å²) < 4.78 is 27.8. The normalized spacial score (nSPS) is 22.5. The summed E-state index contributed by atoms with van der Waals surface area (Å²) in [4.78, 5) is 14.8. The molecule has 0 aromatic heterocycles. The van der Waals surface area contributed by atoms with E-state index in [4.69, 9.17) is 0 Å². The van der Waals surface area contributed by atoms with Crippen LogP contribution in [-0.2, 0) is 14.8 Å². The number of carbonyl (C=O) groups is 1. The van der Waals surface area contributed by atoms with E-state index in [1.54, 1.807) is 22.5 Å². The van der Waals surface area contributed by atoms with Gasteiger partial charge in [-0.25, -0.2) is 8.42 Å². The number of nitrogens with one attached hydrogen (secondary N) is 1. The molecule has 2 fully saturated rings. The maximum Gasteiger partial charge on any atom is 0.243 e. The highest BCUT2D eigenvalue weighted by molar-refractivity contribution is 7.89. The molecule has 150 valence electrons. The van der Waals surface area contributed by atoms with Gasteiger partial charge >= 0.3 is 0 Å². The molecule has 2 aliphatic heterocycles. The van der Waals surface area contributed by atoms with Gasteiger partial charge in [0.2, 0.25) is 15.9 Å². The van der Waals surface area contributed by atoms with Gasteiger partial charge < -0.3 is 5.32 Å². The van der Waals surface area contributed by atoms with Crippen molar-refractivity contribution in [3.63, 3.8) is 0 Å². The molecule has 1 amide bonds. The number of hydrogen-bond acceptors (Lipinski definition) is 4. The number of amides is 1. The van der Waals surface area contributed by atoms with Crippen molar-refractivity contribution < 1.29 is 13.2 Å². The molecule has 1 aromatic carbocycles. The first-order valence-electron chi connectivity index (χ1n) is 9.99. The highest BCUT2D eigenvalue weighted by atomic mass is 32.2. The van der Waals surface area contributed by atoms with Crippen LogP contribution in [0.4, 0.5) is 5.69 Å². The molecule has 0 aliphatic carbocycles. The Bertz CT molecular complexity index is 771. The Labute approximate surface area is 163 Å². The second kappa shape index (κ2) is 8.71. The summed E-state index contributed by atoms with van der Waals surface area (Å²) in [6, 6.07) is 5.17. The van der Waals surface area contributed by atoms with E-state index in [0.717, 1.165) is 45.2 Å². The topological polar surface area (TPSA) is 69.7 Å². The number of sulfonamides is 1. The van der Waals surface area contributed by atoms with Crippen molar-refractivity contribution >= 4 is 21.6 Å². The van der Waals surface area contributed by atoms with Gasteiger partial charge in [-0.15, -0.1) is 0 Å². The third kappa shape index (κ3) is 5.09. The van der Waals surface area contributed by atoms with E-state index in [1.165, 1.54) is 0 Å². The van der Waals surface area contributed by atoms with Crippen LogP contribution in [0.5, 0.6) is 0 Å². The maximum absolute atomic E-state index is 13.1. The van der Waals surface area contributed by atoms with Crippen LogP contribution in [0.25, 0.3) is 0 Å².